The third-order valence-corrected chi connectivity index (χ3v) is 6.15. The van der Waals surface area contributed by atoms with Crippen LogP contribution in [0.2, 0.25) is 0 Å². The zero-order valence-electron chi connectivity index (χ0n) is 15.8. The molecular formula is C23H24N2O2S. The molecule has 1 aromatic heterocycles. The van der Waals surface area contributed by atoms with E-state index in [1.807, 2.05) is 28.8 Å². The largest absolute Gasteiger partial charge is 0.355 e. The highest BCUT2D eigenvalue weighted by molar-refractivity contribution is 7.99. The normalized spacial score (nSPS) is 12.9. The van der Waals surface area contributed by atoms with Gasteiger partial charge in [0.15, 0.2) is 0 Å². The number of aryl methyl sites for hydroxylation is 2. The molecule has 1 aliphatic heterocycles. The predicted molar refractivity (Wildman–Crippen MR) is 116 cm³/mol. The van der Waals surface area contributed by atoms with Gasteiger partial charge in [-0.15, -0.1) is 11.8 Å². The average Bonchev–Trinajstić information content (AvgIpc) is 2.72. The Morgan fingerprint density at radius 1 is 1.11 bits per heavy atom. The van der Waals surface area contributed by atoms with Gasteiger partial charge in [0.1, 0.15) is 0 Å². The van der Waals surface area contributed by atoms with Crippen molar-refractivity contribution in [2.75, 3.05) is 12.3 Å². The molecule has 1 amide bonds. The summed E-state index contributed by atoms with van der Waals surface area (Å²) in [6.07, 6.45) is 2.87. The number of para-hydroxylation sites is 1. The number of amides is 1. The number of rotatable bonds is 7. The number of aromatic nitrogens is 1. The molecule has 1 N–H and O–H groups in total. The van der Waals surface area contributed by atoms with Gasteiger partial charge in [0.25, 0.3) is 5.56 Å². The second-order valence-electron chi connectivity index (χ2n) is 7.16. The van der Waals surface area contributed by atoms with Crippen LogP contribution < -0.4 is 10.9 Å². The van der Waals surface area contributed by atoms with E-state index in [-0.39, 0.29) is 11.5 Å². The summed E-state index contributed by atoms with van der Waals surface area (Å²) in [7, 11) is 0. The van der Waals surface area contributed by atoms with Gasteiger partial charge in [0.05, 0.1) is 11.3 Å². The Balaban J connectivity index is 1.34. The van der Waals surface area contributed by atoms with Crippen LogP contribution in [0.25, 0.3) is 10.9 Å². The maximum atomic E-state index is 12.9. The number of carbonyl (C=O) groups is 1. The SMILES string of the molecule is O=C(CSCc1cc2cccc3c2n(c1=O)CCC3)NCCc1ccccc1. The molecule has 5 heteroatoms. The Labute approximate surface area is 169 Å². The Hall–Kier alpha value is -2.53. The second-order valence-corrected chi connectivity index (χ2v) is 8.15. The predicted octanol–water partition coefficient (Wildman–Crippen LogP) is 3.54. The summed E-state index contributed by atoms with van der Waals surface area (Å²) < 4.78 is 1.92. The molecule has 4 nitrogen and oxygen atoms in total. The fourth-order valence-electron chi connectivity index (χ4n) is 3.82. The van der Waals surface area contributed by atoms with Crippen LogP contribution >= 0.6 is 11.8 Å². The number of pyridine rings is 1. The Bertz CT molecular complexity index is 1040. The van der Waals surface area contributed by atoms with Crippen molar-refractivity contribution in [3.05, 3.63) is 81.6 Å². The van der Waals surface area contributed by atoms with Crippen molar-refractivity contribution in [1.82, 2.24) is 9.88 Å². The van der Waals surface area contributed by atoms with Gasteiger partial charge in [-0.25, -0.2) is 0 Å². The van der Waals surface area contributed by atoms with Crippen LogP contribution in [0.1, 0.15) is 23.1 Å². The Kier molecular flexibility index (Phi) is 5.81. The van der Waals surface area contributed by atoms with Crippen molar-refractivity contribution in [2.24, 2.45) is 0 Å². The van der Waals surface area contributed by atoms with Crippen LogP contribution in [0.3, 0.4) is 0 Å². The van der Waals surface area contributed by atoms with E-state index in [4.69, 9.17) is 0 Å². The Morgan fingerprint density at radius 2 is 1.96 bits per heavy atom. The molecule has 0 spiro atoms. The molecule has 0 aliphatic carbocycles. The van der Waals surface area contributed by atoms with E-state index in [2.05, 4.69) is 35.6 Å². The summed E-state index contributed by atoms with van der Waals surface area (Å²) in [4.78, 5) is 24.9. The lowest BCUT2D eigenvalue weighted by Crippen LogP contribution is -2.28. The van der Waals surface area contributed by atoms with Gasteiger partial charge < -0.3 is 9.88 Å². The summed E-state index contributed by atoms with van der Waals surface area (Å²) in [6, 6.07) is 18.4. The maximum absolute atomic E-state index is 12.9. The summed E-state index contributed by atoms with van der Waals surface area (Å²) in [5.74, 6) is 0.947. The van der Waals surface area contributed by atoms with E-state index in [1.54, 1.807) is 0 Å². The van der Waals surface area contributed by atoms with Crippen LogP contribution in [-0.4, -0.2) is 22.8 Å². The quantitative estimate of drug-likeness (QED) is 0.669. The van der Waals surface area contributed by atoms with Crippen molar-refractivity contribution in [1.29, 1.82) is 0 Å². The highest BCUT2D eigenvalue weighted by Crippen LogP contribution is 2.25. The van der Waals surface area contributed by atoms with Crippen molar-refractivity contribution in [2.45, 2.75) is 31.6 Å². The minimum atomic E-state index is 0.0189. The summed E-state index contributed by atoms with van der Waals surface area (Å²) >= 11 is 1.50. The number of carbonyl (C=O) groups excluding carboxylic acids is 1. The fourth-order valence-corrected chi connectivity index (χ4v) is 4.64. The monoisotopic (exact) mass is 392 g/mol. The smallest absolute Gasteiger partial charge is 0.255 e. The zero-order chi connectivity index (χ0) is 19.3. The molecule has 144 valence electrons. The fraction of sp³-hybridized carbons (Fsp3) is 0.304. The third kappa shape index (κ3) is 4.14. The van der Waals surface area contributed by atoms with Gasteiger partial charge in [-0.05, 0) is 41.8 Å². The zero-order valence-corrected chi connectivity index (χ0v) is 16.6. The number of hydrogen-bond donors (Lipinski definition) is 1. The number of thioether (sulfide) groups is 1. The standard InChI is InChI=1S/C23H24N2O2S/c26-21(24-12-11-17-6-2-1-3-7-17)16-28-15-20-14-19-9-4-8-18-10-5-13-25(22(18)19)23(20)27/h1-4,6-9,14H,5,10-13,15-16H2,(H,24,26). The van der Waals surface area contributed by atoms with Crippen LogP contribution in [-0.2, 0) is 29.9 Å². The van der Waals surface area contributed by atoms with Gasteiger partial charge in [-0.2, -0.15) is 0 Å². The number of nitrogens with one attached hydrogen (secondary N) is 1. The van der Waals surface area contributed by atoms with Crippen molar-refractivity contribution in [3.8, 4) is 0 Å². The highest BCUT2D eigenvalue weighted by Gasteiger charge is 2.16. The van der Waals surface area contributed by atoms with Crippen molar-refractivity contribution < 1.29 is 4.79 Å². The van der Waals surface area contributed by atoms with E-state index >= 15 is 0 Å². The van der Waals surface area contributed by atoms with E-state index in [0.717, 1.165) is 42.3 Å². The van der Waals surface area contributed by atoms with Gasteiger partial charge >= 0.3 is 0 Å². The highest BCUT2D eigenvalue weighted by atomic mass is 32.2. The van der Waals surface area contributed by atoms with E-state index in [0.29, 0.717) is 18.1 Å². The first kappa shape index (κ1) is 18.8. The van der Waals surface area contributed by atoms with E-state index in [1.165, 1.54) is 22.9 Å². The molecule has 2 aromatic carbocycles. The molecule has 0 fully saturated rings. The van der Waals surface area contributed by atoms with Crippen LogP contribution in [0.5, 0.6) is 0 Å². The van der Waals surface area contributed by atoms with Crippen LogP contribution in [0.15, 0.2) is 59.4 Å². The molecule has 2 heterocycles. The van der Waals surface area contributed by atoms with Gasteiger partial charge in [-0.1, -0.05) is 48.5 Å². The van der Waals surface area contributed by atoms with Crippen molar-refractivity contribution >= 4 is 28.6 Å². The topological polar surface area (TPSA) is 51.1 Å². The second kappa shape index (κ2) is 8.65. The molecule has 0 bridgehead atoms. The van der Waals surface area contributed by atoms with E-state index in [9.17, 15) is 9.59 Å². The first-order chi connectivity index (χ1) is 13.7. The number of nitrogens with zero attached hydrogens (tertiary/aromatic N) is 1. The van der Waals surface area contributed by atoms with Gasteiger partial charge in [0, 0.05) is 24.4 Å². The molecule has 1 aliphatic rings. The molecule has 0 saturated heterocycles. The number of benzene rings is 2. The Morgan fingerprint density at radius 3 is 2.82 bits per heavy atom. The van der Waals surface area contributed by atoms with Crippen molar-refractivity contribution in [3.63, 3.8) is 0 Å². The molecule has 3 aromatic rings. The maximum Gasteiger partial charge on any atom is 0.255 e. The lowest BCUT2D eigenvalue weighted by Gasteiger charge is -2.20. The summed E-state index contributed by atoms with van der Waals surface area (Å²) in [6.45, 7) is 1.42. The minimum Gasteiger partial charge on any atom is -0.355 e. The molecule has 4 rings (SSSR count). The first-order valence-corrected chi connectivity index (χ1v) is 10.9. The average molecular weight is 393 g/mol. The third-order valence-electron chi connectivity index (χ3n) is 5.17. The molecule has 28 heavy (non-hydrogen) atoms. The molecule has 0 saturated carbocycles. The minimum absolute atomic E-state index is 0.0189. The molecular weight excluding hydrogens is 368 g/mol. The molecule has 0 radical (unpaired) electrons. The van der Waals surface area contributed by atoms with Crippen LogP contribution in [0.4, 0.5) is 0 Å². The lowest BCUT2D eigenvalue weighted by atomic mass is 10.0. The lowest BCUT2D eigenvalue weighted by molar-refractivity contribution is -0.118. The van der Waals surface area contributed by atoms with E-state index < -0.39 is 0 Å². The number of hydrogen-bond acceptors (Lipinski definition) is 3. The first-order valence-electron chi connectivity index (χ1n) is 9.75. The van der Waals surface area contributed by atoms with Gasteiger partial charge in [0.2, 0.25) is 5.91 Å². The summed E-state index contributed by atoms with van der Waals surface area (Å²) in [5.41, 5.74) is 4.45. The summed E-state index contributed by atoms with van der Waals surface area (Å²) in [5, 5.41) is 4.08. The molecule has 0 unspecified atom stereocenters. The van der Waals surface area contributed by atoms with Crippen LogP contribution in [0, 0.1) is 0 Å². The molecule has 0 atom stereocenters. The van der Waals surface area contributed by atoms with Gasteiger partial charge in [-0.3, -0.25) is 9.59 Å².